The van der Waals surface area contributed by atoms with Crippen LogP contribution in [-0.4, -0.2) is 25.0 Å². The van der Waals surface area contributed by atoms with Crippen molar-refractivity contribution in [1.29, 1.82) is 0 Å². The van der Waals surface area contributed by atoms with E-state index >= 15 is 0 Å². The average molecular weight is 233 g/mol. The van der Waals surface area contributed by atoms with E-state index in [1.54, 1.807) is 7.11 Å². The molecule has 2 rings (SSSR count). The van der Waals surface area contributed by atoms with Gasteiger partial charge in [0, 0.05) is 5.56 Å². The molecule has 1 aliphatic rings. The number of hydrogen-bond donors (Lipinski definition) is 0. The third-order valence-corrected chi connectivity index (χ3v) is 2.66. The first-order valence-corrected chi connectivity index (χ1v) is 5.55. The van der Waals surface area contributed by atoms with Crippen molar-refractivity contribution in [3.8, 4) is 5.75 Å². The van der Waals surface area contributed by atoms with Crippen molar-refractivity contribution in [2.24, 2.45) is 10.9 Å². The highest BCUT2D eigenvalue weighted by Crippen LogP contribution is 2.20. The van der Waals surface area contributed by atoms with Crippen molar-refractivity contribution >= 4 is 11.9 Å². The Bertz CT molecular complexity index is 448. The molecule has 0 saturated heterocycles. The van der Waals surface area contributed by atoms with Crippen LogP contribution in [0.3, 0.4) is 0 Å². The Balaban J connectivity index is 2.23. The van der Waals surface area contributed by atoms with Crippen LogP contribution in [0.2, 0.25) is 0 Å². The number of benzene rings is 1. The highest BCUT2D eigenvalue weighted by molar-refractivity contribution is 6.06. The van der Waals surface area contributed by atoms with Crippen LogP contribution in [0.25, 0.3) is 0 Å². The van der Waals surface area contributed by atoms with Crippen molar-refractivity contribution < 1.29 is 14.3 Å². The molecule has 1 atom stereocenters. The molecule has 17 heavy (non-hydrogen) atoms. The maximum Gasteiger partial charge on any atom is 0.338 e. The summed E-state index contributed by atoms with van der Waals surface area (Å²) in [5, 5.41) is 0. The third-order valence-electron chi connectivity index (χ3n) is 2.66. The average Bonchev–Trinajstić information content (AvgIpc) is 2.71. The predicted molar refractivity (Wildman–Crippen MR) is 64.2 cm³/mol. The second kappa shape index (κ2) is 4.57. The SMILES string of the molecule is COc1ccc(C2=NC(C(C)C)C(=O)O2)cc1. The fourth-order valence-corrected chi connectivity index (χ4v) is 1.65. The fourth-order valence-electron chi connectivity index (χ4n) is 1.65. The molecular formula is C13H15NO3. The van der Waals surface area contributed by atoms with E-state index in [0.717, 1.165) is 11.3 Å². The van der Waals surface area contributed by atoms with E-state index < -0.39 is 0 Å². The Hall–Kier alpha value is -1.84. The molecule has 1 aromatic carbocycles. The topological polar surface area (TPSA) is 47.9 Å². The molecule has 4 heteroatoms. The van der Waals surface area contributed by atoms with E-state index in [4.69, 9.17) is 9.47 Å². The molecule has 4 nitrogen and oxygen atoms in total. The van der Waals surface area contributed by atoms with Crippen molar-refractivity contribution in [2.45, 2.75) is 19.9 Å². The van der Waals surface area contributed by atoms with Crippen molar-refractivity contribution in [3.05, 3.63) is 29.8 Å². The lowest BCUT2D eigenvalue weighted by Gasteiger charge is -2.04. The number of ether oxygens (including phenoxy) is 2. The van der Waals surface area contributed by atoms with Gasteiger partial charge in [-0.1, -0.05) is 13.8 Å². The summed E-state index contributed by atoms with van der Waals surface area (Å²) >= 11 is 0. The summed E-state index contributed by atoms with van der Waals surface area (Å²) in [5.74, 6) is 1.04. The number of hydrogen-bond acceptors (Lipinski definition) is 4. The minimum Gasteiger partial charge on any atom is -0.497 e. The standard InChI is InChI=1S/C13H15NO3/c1-8(2)11-13(15)17-12(14-11)9-4-6-10(16-3)7-5-9/h4-8,11H,1-3H3. The van der Waals surface area contributed by atoms with Crippen LogP contribution < -0.4 is 4.74 Å². The summed E-state index contributed by atoms with van der Waals surface area (Å²) in [4.78, 5) is 15.9. The van der Waals surface area contributed by atoms with Gasteiger partial charge in [0.25, 0.3) is 0 Å². The van der Waals surface area contributed by atoms with Crippen LogP contribution in [0.1, 0.15) is 19.4 Å². The molecule has 1 aliphatic heterocycles. The van der Waals surface area contributed by atoms with Gasteiger partial charge >= 0.3 is 5.97 Å². The Morgan fingerprint density at radius 2 is 1.94 bits per heavy atom. The van der Waals surface area contributed by atoms with Gasteiger partial charge in [-0.05, 0) is 30.2 Å². The van der Waals surface area contributed by atoms with Crippen LogP contribution in [0, 0.1) is 5.92 Å². The molecule has 0 radical (unpaired) electrons. The summed E-state index contributed by atoms with van der Waals surface area (Å²) in [6, 6.07) is 6.90. The van der Waals surface area contributed by atoms with Gasteiger partial charge in [-0.25, -0.2) is 9.79 Å². The molecule has 0 amide bonds. The van der Waals surface area contributed by atoms with Crippen LogP contribution in [0.5, 0.6) is 5.75 Å². The highest BCUT2D eigenvalue weighted by atomic mass is 16.6. The number of carbonyl (C=O) groups excluding carboxylic acids is 1. The zero-order chi connectivity index (χ0) is 12.4. The molecule has 0 bridgehead atoms. The molecule has 1 aromatic rings. The van der Waals surface area contributed by atoms with Gasteiger partial charge in [0.2, 0.25) is 5.90 Å². The highest BCUT2D eigenvalue weighted by Gasteiger charge is 2.31. The maximum atomic E-state index is 11.6. The van der Waals surface area contributed by atoms with Crippen molar-refractivity contribution in [3.63, 3.8) is 0 Å². The van der Waals surface area contributed by atoms with Gasteiger partial charge in [0.15, 0.2) is 6.04 Å². The molecule has 0 fully saturated rings. The van der Waals surface area contributed by atoms with Gasteiger partial charge in [-0.15, -0.1) is 0 Å². The number of aliphatic imine (C=N–C) groups is 1. The van der Waals surface area contributed by atoms with E-state index in [1.165, 1.54) is 0 Å². The predicted octanol–water partition coefficient (Wildman–Crippen LogP) is 2.02. The van der Waals surface area contributed by atoms with E-state index in [0.29, 0.717) is 5.90 Å². The molecular weight excluding hydrogens is 218 g/mol. The van der Waals surface area contributed by atoms with Gasteiger partial charge in [0.05, 0.1) is 7.11 Å². The minimum atomic E-state index is -0.382. The van der Waals surface area contributed by atoms with E-state index in [2.05, 4.69) is 4.99 Å². The normalized spacial score (nSPS) is 19.2. The summed E-state index contributed by atoms with van der Waals surface area (Å²) < 4.78 is 10.2. The van der Waals surface area contributed by atoms with Crippen LogP contribution >= 0.6 is 0 Å². The quantitative estimate of drug-likeness (QED) is 0.750. The van der Waals surface area contributed by atoms with Crippen LogP contribution in [0.4, 0.5) is 0 Å². The summed E-state index contributed by atoms with van der Waals surface area (Å²) in [6.07, 6.45) is 0. The van der Waals surface area contributed by atoms with Gasteiger partial charge in [-0.3, -0.25) is 0 Å². The molecule has 90 valence electrons. The van der Waals surface area contributed by atoms with E-state index in [1.807, 2.05) is 38.1 Å². The lowest BCUT2D eigenvalue weighted by molar-refractivity contribution is -0.135. The zero-order valence-electron chi connectivity index (χ0n) is 10.1. The largest absolute Gasteiger partial charge is 0.497 e. The number of carbonyl (C=O) groups is 1. The lowest BCUT2D eigenvalue weighted by atomic mass is 10.1. The number of nitrogens with zero attached hydrogens (tertiary/aromatic N) is 1. The Morgan fingerprint density at radius 3 is 2.41 bits per heavy atom. The Morgan fingerprint density at radius 1 is 1.29 bits per heavy atom. The lowest BCUT2D eigenvalue weighted by Crippen LogP contribution is -2.20. The number of esters is 1. The first kappa shape index (κ1) is 11.6. The van der Waals surface area contributed by atoms with E-state index in [-0.39, 0.29) is 17.9 Å². The molecule has 0 N–H and O–H groups in total. The van der Waals surface area contributed by atoms with Crippen molar-refractivity contribution in [1.82, 2.24) is 0 Å². The molecule has 1 unspecified atom stereocenters. The number of methoxy groups -OCH3 is 1. The fraction of sp³-hybridized carbons (Fsp3) is 0.385. The first-order chi connectivity index (χ1) is 8.11. The van der Waals surface area contributed by atoms with Crippen LogP contribution in [0.15, 0.2) is 29.3 Å². The Labute approximate surface area is 100 Å². The van der Waals surface area contributed by atoms with Gasteiger partial charge < -0.3 is 9.47 Å². The second-order valence-corrected chi connectivity index (χ2v) is 4.27. The van der Waals surface area contributed by atoms with Gasteiger partial charge in [0.1, 0.15) is 5.75 Å². The molecule has 1 heterocycles. The maximum absolute atomic E-state index is 11.6. The molecule has 0 saturated carbocycles. The first-order valence-electron chi connectivity index (χ1n) is 5.55. The van der Waals surface area contributed by atoms with Crippen LogP contribution in [-0.2, 0) is 9.53 Å². The summed E-state index contributed by atoms with van der Waals surface area (Å²) in [6.45, 7) is 3.90. The Kier molecular flexibility index (Phi) is 3.13. The van der Waals surface area contributed by atoms with Gasteiger partial charge in [-0.2, -0.15) is 0 Å². The summed E-state index contributed by atoms with van der Waals surface area (Å²) in [5.41, 5.74) is 0.794. The van der Waals surface area contributed by atoms with E-state index in [9.17, 15) is 4.79 Å². The second-order valence-electron chi connectivity index (χ2n) is 4.27. The number of rotatable bonds is 3. The third kappa shape index (κ3) is 2.30. The molecule has 0 aliphatic carbocycles. The number of cyclic esters (lactones) is 1. The smallest absolute Gasteiger partial charge is 0.338 e. The minimum absolute atomic E-state index is 0.151. The van der Waals surface area contributed by atoms with Crippen molar-refractivity contribution in [2.75, 3.05) is 7.11 Å². The molecule has 0 aromatic heterocycles. The monoisotopic (exact) mass is 233 g/mol. The zero-order valence-corrected chi connectivity index (χ0v) is 10.1. The summed E-state index contributed by atoms with van der Waals surface area (Å²) in [7, 11) is 1.61. The molecule has 0 spiro atoms.